The van der Waals surface area contributed by atoms with Crippen LogP contribution >= 0.6 is 35.0 Å². The molecule has 5 fully saturated rings. The Labute approximate surface area is 447 Å². The van der Waals surface area contributed by atoms with Gasteiger partial charge in [0.05, 0.1) is 28.1 Å². The number of thioether (sulfide) groups is 1. The molecule has 2 N–H and O–H groups in total. The van der Waals surface area contributed by atoms with E-state index in [9.17, 15) is 36.4 Å². The van der Waals surface area contributed by atoms with Crippen LogP contribution in [0.2, 0.25) is 10.0 Å². The van der Waals surface area contributed by atoms with Gasteiger partial charge >= 0.3 is 18.7 Å². The number of fused-ring (bicyclic) bond motifs is 3. The molecule has 5 aromatic rings. The highest BCUT2D eigenvalue weighted by molar-refractivity contribution is 8.02. The van der Waals surface area contributed by atoms with E-state index in [1.807, 2.05) is 36.4 Å². The molecule has 22 heteroatoms. The van der Waals surface area contributed by atoms with Crippen LogP contribution in [0.4, 0.5) is 19.3 Å². The molecular weight excluding hydrogens is 1050 g/mol. The number of hydrogen-bond acceptors (Lipinski definition) is 13. The van der Waals surface area contributed by atoms with Crippen LogP contribution < -0.4 is 25.0 Å². The van der Waals surface area contributed by atoms with Crippen LogP contribution in [0.25, 0.3) is 0 Å². The van der Waals surface area contributed by atoms with Crippen molar-refractivity contribution in [1.29, 1.82) is 0 Å². The minimum absolute atomic E-state index is 0.00166. The molecule has 1 aromatic heterocycles. The number of para-hydroxylation sites is 1. The molecule has 0 radical (unpaired) electrons. The molecule has 4 aliphatic heterocycles. The average Bonchev–Trinajstić information content (AvgIpc) is 4.12. The second-order valence-corrected chi connectivity index (χ2v) is 22.5. The van der Waals surface area contributed by atoms with Crippen LogP contribution in [-0.4, -0.2) is 116 Å². The van der Waals surface area contributed by atoms with Crippen molar-refractivity contribution in [1.82, 2.24) is 24.8 Å². The van der Waals surface area contributed by atoms with Crippen molar-refractivity contribution in [3.05, 3.63) is 147 Å². The quantitative estimate of drug-likeness (QED) is 0.0525. The van der Waals surface area contributed by atoms with E-state index in [-0.39, 0.29) is 89.0 Å². The summed E-state index contributed by atoms with van der Waals surface area (Å²) in [6.45, 7) is 0.0137. The zero-order valence-corrected chi connectivity index (χ0v) is 43.6. The SMILES string of the molecule is O=C(NCCNC(=O)c1cccc(S(=O)(=O)N2CCS[C@H]2C(=O)OC(Cc2c(Cl)cncc2Cl)c2ccc(OC(F)F)c(OCC3CC3)c2)c1)c1cccc(CN(C(=O)O[C@H]2CN3CCC2CC3)c2ccccc2)c1. The van der Waals surface area contributed by atoms with Gasteiger partial charge in [-0.15, -0.1) is 11.8 Å². The molecule has 16 nitrogen and oxygen atoms in total. The summed E-state index contributed by atoms with van der Waals surface area (Å²) in [5, 5.41) is 4.50. The van der Waals surface area contributed by atoms with E-state index in [0.29, 0.717) is 33.9 Å². The van der Waals surface area contributed by atoms with E-state index < -0.39 is 52.0 Å². The maximum absolute atomic E-state index is 14.3. The number of aromatic nitrogens is 1. The van der Waals surface area contributed by atoms with Crippen molar-refractivity contribution in [3.8, 4) is 11.5 Å². The number of rotatable bonds is 21. The topological polar surface area (TPSA) is 186 Å². The number of amides is 3. The fourth-order valence-corrected chi connectivity index (χ4v) is 12.9. The number of hydrogen-bond donors (Lipinski definition) is 2. The lowest BCUT2D eigenvalue weighted by Gasteiger charge is -2.44. The number of carbonyl (C=O) groups is 4. The average molecular weight is 1110 g/mol. The molecule has 10 rings (SSSR count). The molecule has 75 heavy (non-hydrogen) atoms. The number of piperidine rings is 3. The normalized spacial score (nSPS) is 19.7. The first kappa shape index (κ1) is 53.8. The Kier molecular flexibility index (Phi) is 17.4. The van der Waals surface area contributed by atoms with Gasteiger partial charge < -0.3 is 29.6 Å². The van der Waals surface area contributed by atoms with Gasteiger partial charge in [0.15, 0.2) is 16.9 Å². The van der Waals surface area contributed by atoms with Crippen LogP contribution in [0.3, 0.4) is 0 Å². The Morgan fingerprint density at radius 3 is 2.17 bits per heavy atom. The van der Waals surface area contributed by atoms with Crippen LogP contribution in [0.1, 0.15) is 69.2 Å². The molecule has 3 atom stereocenters. The minimum Gasteiger partial charge on any atom is -0.489 e. The predicted octanol–water partition coefficient (Wildman–Crippen LogP) is 8.77. The molecule has 3 amide bonds. The van der Waals surface area contributed by atoms with Gasteiger partial charge in [-0.2, -0.15) is 13.1 Å². The lowest BCUT2D eigenvalue weighted by molar-refractivity contribution is -0.150. The highest BCUT2D eigenvalue weighted by atomic mass is 35.5. The first-order valence-electron chi connectivity index (χ1n) is 24.5. The Morgan fingerprint density at radius 2 is 1.51 bits per heavy atom. The first-order chi connectivity index (χ1) is 36.2. The summed E-state index contributed by atoms with van der Waals surface area (Å²) in [5.74, 6) is -1.31. The van der Waals surface area contributed by atoms with E-state index in [4.69, 9.17) is 42.1 Å². The molecular formula is C53H54Cl2F2N6O10S2. The third-order valence-corrected chi connectivity index (χ3v) is 17.3. The largest absolute Gasteiger partial charge is 0.489 e. The highest BCUT2D eigenvalue weighted by Crippen LogP contribution is 2.40. The smallest absolute Gasteiger partial charge is 0.414 e. The van der Waals surface area contributed by atoms with Gasteiger partial charge in [0.25, 0.3) is 11.8 Å². The number of benzene rings is 4. The maximum atomic E-state index is 14.3. The maximum Gasteiger partial charge on any atom is 0.414 e. The molecule has 2 bridgehead atoms. The Morgan fingerprint density at radius 1 is 0.813 bits per heavy atom. The van der Waals surface area contributed by atoms with Crippen molar-refractivity contribution < 1.29 is 55.3 Å². The van der Waals surface area contributed by atoms with Crippen molar-refractivity contribution in [2.24, 2.45) is 11.8 Å². The summed E-state index contributed by atoms with van der Waals surface area (Å²) < 4.78 is 79.2. The molecule has 1 saturated carbocycles. The van der Waals surface area contributed by atoms with Gasteiger partial charge in [-0.1, -0.05) is 65.7 Å². The molecule has 396 valence electrons. The van der Waals surface area contributed by atoms with E-state index in [0.717, 1.165) is 61.4 Å². The van der Waals surface area contributed by atoms with E-state index >= 15 is 0 Å². The molecule has 1 unspecified atom stereocenters. The molecule has 5 heterocycles. The first-order valence-corrected chi connectivity index (χ1v) is 27.8. The molecule has 1 aliphatic carbocycles. The number of ether oxygens (including phenoxy) is 4. The van der Waals surface area contributed by atoms with Gasteiger partial charge in [0, 0.05) is 67.6 Å². The zero-order valence-electron chi connectivity index (χ0n) is 40.5. The Balaban J connectivity index is 0.820. The number of carbonyl (C=O) groups excluding carboxylic acids is 4. The van der Waals surface area contributed by atoms with Crippen molar-refractivity contribution >= 4 is 74.6 Å². The number of nitrogens with zero attached hydrogens (tertiary/aromatic N) is 4. The van der Waals surface area contributed by atoms with Gasteiger partial charge in [0.1, 0.15) is 12.2 Å². The number of nitrogens with one attached hydrogen (secondary N) is 2. The molecule has 4 saturated heterocycles. The predicted molar refractivity (Wildman–Crippen MR) is 278 cm³/mol. The molecule has 0 spiro atoms. The van der Waals surface area contributed by atoms with Gasteiger partial charge in [-0.3, -0.25) is 24.4 Å². The zero-order chi connectivity index (χ0) is 52.6. The number of sulfonamides is 1. The number of esters is 1. The number of pyridine rings is 1. The van der Waals surface area contributed by atoms with E-state index in [1.54, 1.807) is 23.1 Å². The lowest BCUT2D eigenvalue weighted by atomic mass is 9.86. The summed E-state index contributed by atoms with van der Waals surface area (Å²) in [4.78, 5) is 62.3. The standard InChI is InChI=1S/C53H54Cl2F2N6O10S2/c54-42-28-58-29-43(55)41(42)27-45(36-14-15-44(72-52(56)57)46(26-36)70-32-33-12-13-33)71-51(66)50-63(22-23-74-50)75(68,69)40-11-5-8-38(25-40)49(65)60-19-18-59-48(64)37-7-4-6-34(24-37)30-62(39-9-2-1-3-10-39)53(67)73-47-31-61-20-16-35(47)17-21-61/h1-11,14-15,24-26,28-29,33,35,45,47,50,52H,12-13,16-23,27,30-32H2,(H,59,64)(H,60,65)/t45?,47-,50-/m0/s1. The second kappa shape index (κ2) is 24.3. The summed E-state index contributed by atoms with van der Waals surface area (Å²) in [6, 6.07) is 25.6. The van der Waals surface area contributed by atoms with E-state index in [1.165, 1.54) is 54.9 Å². The summed E-state index contributed by atoms with van der Waals surface area (Å²) in [7, 11) is -4.42. The molecule has 4 aromatic carbocycles. The van der Waals surface area contributed by atoms with Crippen molar-refractivity contribution in [2.75, 3.05) is 56.5 Å². The van der Waals surface area contributed by atoms with Gasteiger partial charge in [-0.25, -0.2) is 18.0 Å². The number of anilines is 1. The van der Waals surface area contributed by atoms with Crippen LogP contribution in [0, 0.1) is 11.8 Å². The van der Waals surface area contributed by atoms with Crippen molar-refractivity contribution in [2.45, 2.75) is 67.7 Å². The van der Waals surface area contributed by atoms with Crippen molar-refractivity contribution in [3.63, 3.8) is 0 Å². The summed E-state index contributed by atoms with van der Waals surface area (Å²) >= 11 is 14.0. The number of halogens is 4. The lowest BCUT2D eigenvalue weighted by Crippen LogP contribution is -2.53. The summed E-state index contributed by atoms with van der Waals surface area (Å²) in [6.07, 6.45) is 4.68. The summed E-state index contributed by atoms with van der Waals surface area (Å²) in [5.41, 5.74) is 2.40. The van der Waals surface area contributed by atoms with E-state index in [2.05, 4.69) is 20.5 Å². The van der Waals surface area contributed by atoms with Crippen LogP contribution in [0.15, 0.2) is 114 Å². The second-order valence-electron chi connectivity index (χ2n) is 18.6. The van der Waals surface area contributed by atoms with Crippen LogP contribution in [0.5, 0.6) is 11.5 Å². The highest BCUT2D eigenvalue weighted by Gasteiger charge is 2.43. The van der Waals surface area contributed by atoms with Gasteiger partial charge in [0.2, 0.25) is 10.0 Å². The third kappa shape index (κ3) is 13.5. The number of alkyl halides is 2. The monoisotopic (exact) mass is 1110 g/mol. The minimum atomic E-state index is -4.42. The third-order valence-electron chi connectivity index (χ3n) is 13.4. The Hall–Kier alpha value is -6.03. The molecule has 5 aliphatic rings. The van der Waals surface area contributed by atoms with Crippen LogP contribution in [-0.2, 0) is 37.3 Å². The fraction of sp³-hybridized carbons (Fsp3) is 0.377. The Bertz CT molecular complexity index is 2970. The fourth-order valence-electron chi connectivity index (χ4n) is 9.24. The van der Waals surface area contributed by atoms with Gasteiger partial charge in [-0.05, 0) is 122 Å².